The molecular formula is C13H17N3S2. The number of nitrogens with two attached hydrogens (primary N) is 1. The molecule has 3 nitrogen and oxygen atoms in total. The summed E-state index contributed by atoms with van der Waals surface area (Å²) in [5.74, 6) is 3.19. The smallest absolute Gasteiger partial charge is 0.116 e. The van der Waals surface area contributed by atoms with Crippen molar-refractivity contribution in [1.29, 1.82) is 0 Å². The van der Waals surface area contributed by atoms with Crippen LogP contribution in [0.4, 0.5) is 0 Å². The van der Waals surface area contributed by atoms with Crippen LogP contribution in [0.25, 0.3) is 11.0 Å². The molecule has 2 aromatic rings. The predicted molar refractivity (Wildman–Crippen MR) is 83.2 cm³/mol. The Hall–Kier alpha value is -1.07. The summed E-state index contributed by atoms with van der Waals surface area (Å²) in [6.07, 6.45) is 0.570. The molecule has 0 atom stereocenters. The van der Waals surface area contributed by atoms with E-state index in [1.807, 2.05) is 30.0 Å². The van der Waals surface area contributed by atoms with Crippen LogP contribution in [-0.4, -0.2) is 26.0 Å². The van der Waals surface area contributed by atoms with E-state index in [0.717, 1.165) is 29.4 Å². The van der Waals surface area contributed by atoms with Crippen molar-refractivity contribution in [1.82, 2.24) is 9.55 Å². The Morgan fingerprint density at radius 1 is 1.44 bits per heavy atom. The largest absolute Gasteiger partial charge is 0.393 e. The topological polar surface area (TPSA) is 43.8 Å². The maximum absolute atomic E-state index is 5.64. The number of nitrogens with zero attached hydrogens (tertiary/aromatic N) is 2. The van der Waals surface area contributed by atoms with Gasteiger partial charge in [-0.1, -0.05) is 31.3 Å². The van der Waals surface area contributed by atoms with Crippen LogP contribution in [0.5, 0.6) is 0 Å². The molecular weight excluding hydrogens is 262 g/mol. The third-order valence-corrected chi connectivity index (χ3v) is 3.75. The molecule has 0 aliphatic carbocycles. The van der Waals surface area contributed by atoms with Gasteiger partial charge in [-0.05, 0) is 17.9 Å². The van der Waals surface area contributed by atoms with Gasteiger partial charge in [0.1, 0.15) is 5.82 Å². The molecule has 1 aromatic carbocycles. The van der Waals surface area contributed by atoms with Crippen molar-refractivity contribution >= 4 is 40.0 Å². The van der Waals surface area contributed by atoms with Gasteiger partial charge in [-0.15, -0.1) is 0 Å². The van der Waals surface area contributed by atoms with E-state index in [-0.39, 0.29) is 0 Å². The van der Waals surface area contributed by atoms with Gasteiger partial charge in [0.2, 0.25) is 0 Å². The van der Waals surface area contributed by atoms with Crippen molar-refractivity contribution in [2.24, 2.45) is 5.73 Å². The van der Waals surface area contributed by atoms with Gasteiger partial charge in [0, 0.05) is 12.3 Å². The van der Waals surface area contributed by atoms with Crippen molar-refractivity contribution in [2.45, 2.75) is 19.9 Å². The average Bonchev–Trinajstić information content (AvgIpc) is 2.67. The van der Waals surface area contributed by atoms with E-state index in [0.29, 0.717) is 11.4 Å². The maximum atomic E-state index is 5.64. The lowest BCUT2D eigenvalue weighted by Crippen LogP contribution is -2.16. The molecule has 0 fully saturated rings. The van der Waals surface area contributed by atoms with Crippen LogP contribution in [-0.2, 0) is 13.0 Å². The van der Waals surface area contributed by atoms with Gasteiger partial charge in [-0.25, -0.2) is 4.98 Å². The number of rotatable bonds is 6. The van der Waals surface area contributed by atoms with Crippen LogP contribution in [0.3, 0.4) is 0 Å². The quantitative estimate of drug-likeness (QED) is 0.652. The highest BCUT2D eigenvalue weighted by molar-refractivity contribution is 7.99. The third-order valence-electron chi connectivity index (χ3n) is 2.73. The second-order valence-electron chi connectivity index (χ2n) is 4.01. The SMILES string of the molecule is CCSCCn1c(CC(N)=S)nc2ccccc21. The number of fused-ring (bicyclic) bond motifs is 1. The molecule has 5 heteroatoms. The monoisotopic (exact) mass is 279 g/mol. The molecule has 0 saturated heterocycles. The molecule has 2 N–H and O–H groups in total. The Kier molecular flexibility index (Phi) is 4.60. The molecule has 0 amide bonds. The van der Waals surface area contributed by atoms with E-state index in [9.17, 15) is 0 Å². The van der Waals surface area contributed by atoms with E-state index in [4.69, 9.17) is 18.0 Å². The fourth-order valence-electron chi connectivity index (χ4n) is 1.97. The van der Waals surface area contributed by atoms with Gasteiger partial charge in [-0.3, -0.25) is 0 Å². The van der Waals surface area contributed by atoms with Gasteiger partial charge in [0.25, 0.3) is 0 Å². The first-order valence-corrected chi connectivity index (χ1v) is 7.59. The zero-order chi connectivity index (χ0) is 13.0. The van der Waals surface area contributed by atoms with E-state index in [1.165, 1.54) is 5.52 Å². The first kappa shape index (κ1) is 13.4. The van der Waals surface area contributed by atoms with Crippen LogP contribution in [0.1, 0.15) is 12.7 Å². The number of thioether (sulfide) groups is 1. The summed E-state index contributed by atoms with van der Waals surface area (Å²) >= 11 is 6.93. The second kappa shape index (κ2) is 6.20. The number of para-hydroxylation sites is 2. The Morgan fingerprint density at radius 3 is 2.94 bits per heavy atom. The maximum Gasteiger partial charge on any atom is 0.116 e. The Balaban J connectivity index is 2.34. The number of aryl methyl sites for hydroxylation is 1. The molecule has 0 bridgehead atoms. The molecule has 18 heavy (non-hydrogen) atoms. The van der Waals surface area contributed by atoms with E-state index in [1.54, 1.807) is 0 Å². The van der Waals surface area contributed by atoms with E-state index in [2.05, 4.69) is 22.5 Å². The molecule has 1 aromatic heterocycles. The second-order valence-corrected chi connectivity index (χ2v) is 5.93. The number of hydrogen-bond acceptors (Lipinski definition) is 3. The fourth-order valence-corrected chi connectivity index (χ4v) is 2.70. The summed E-state index contributed by atoms with van der Waals surface area (Å²) < 4.78 is 2.23. The first-order valence-electron chi connectivity index (χ1n) is 6.02. The van der Waals surface area contributed by atoms with Crippen molar-refractivity contribution in [2.75, 3.05) is 11.5 Å². The highest BCUT2D eigenvalue weighted by Gasteiger charge is 2.10. The molecule has 96 valence electrons. The average molecular weight is 279 g/mol. The van der Waals surface area contributed by atoms with E-state index >= 15 is 0 Å². The zero-order valence-electron chi connectivity index (χ0n) is 10.4. The molecule has 2 rings (SSSR count). The standard InChI is InChI=1S/C13H17N3S2/c1-2-18-8-7-16-11-6-4-3-5-10(11)15-13(16)9-12(14)17/h3-6H,2,7-9H2,1H3,(H2,14,17). The Bertz CT molecular complexity index is 548. The lowest BCUT2D eigenvalue weighted by molar-refractivity contribution is 0.751. The van der Waals surface area contributed by atoms with Gasteiger partial charge >= 0.3 is 0 Å². The molecule has 0 aliphatic rings. The molecule has 1 heterocycles. The minimum absolute atomic E-state index is 0.495. The molecule has 0 unspecified atom stereocenters. The van der Waals surface area contributed by atoms with Crippen molar-refractivity contribution < 1.29 is 0 Å². The number of aromatic nitrogens is 2. The van der Waals surface area contributed by atoms with Crippen LogP contribution in [0.2, 0.25) is 0 Å². The van der Waals surface area contributed by atoms with Gasteiger partial charge in [0.05, 0.1) is 22.4 Å². The highest BCUT2D eigenvalue weighted by atomic mass is 32.2. The summed E-state index contributed by atoms with van der Waals surface area (Å²) in [5.41, 5.74) is 7.83. The highest BCUT2D eigenvalue weighted by Crippen LogP contribution is 2.17. The number of benzene rings is 1. The minimum atomic E-state index is 0.495. The van der Waals surface area contributed by atoms with Crippen LogP contribution in [0.15, 0.2) is 24.3 Å². The number of hydrogen-bond donors (Lipinski definition) is 1. The summed E-state index contributed by atoms with van der Waals surface area (Å²) in [7, 11) is 0. The van der Waals surface area contributed by atoms with Gasteiger partial charge in [-0.2, -0.15) is 11.8 Å². The first-order chi connectivity index (χ1) is 8.72. The summed E-state index contributed by atoms with van der Waals surface area (Å²) in [6, 6.07) is 8.17. The molecule has 0 saturated carbocycles. The minimum Gasteiger partial charge on any atom is -0.393 e. The van der Waals surface area contributed by atoms with Gasteiger partial charge in [0.15, 0.2) is 0 Å². The molecule has 0 aliphatic heterocycles. The molecule has 0 radical (unpaired) electrons. The van der Waals surface area contributed by atoms with Gasteiger partial charge < -0.3 is 10.3 Å². The Morgan fingerprint density at radius 2 is 2.22 bits per heavy atom. The predicted octanol–water partition coefficient (Wildman–Crippen LogP) is 2.62. The fraction of sp³-hybridized carbons (Fsp3) is 0.385. The van der Waals surface area contributed by atoms with Crippen LogP contribution in [0, 0.1) is 0 Å². The number of thiocarbonyl (C=S) groups is 1. The lowest BCUT2D eigenvalue weighted by Gasteiger charge is -2.08. The van der Waals surface area contributed by atoms with E-state index < -0.39 is 0 Å². The summed E-state index contributed by atoms with van der Waals surface area (Å²) in [4.78, 5) is 5.11. The summed E-state index contributed by atoms with van der Waals surface area (Å²) in [6.45, 7) is 3.13. The van der Waals surface area contributed by atoms with Crippen LogP contribution < -0.4 is 5.73 Å². The number of imidazole rings is 1. The van der Waals surface area contributed by atoms with Crippen molar-refractivity contribution in [3.05, 3.63) is 30.1 Å². The Labute approximate surface area is 117 Å². The lowest BCUT2D eigenvalue weighted by atomic mass is 10.3. The third kappa shape index (κ3) is 3.03. The normalized spacial score (nSPS) is 10.9. The summed E-state index contributed by atoms with van der Waals surface area (Å²) in [5, 5.41) is 0. The zero-order valence-corrected chi connectivity index (χ0v) is 12.1. The van der Waals surface area contributed by atoms with Crippen molar-refractivity contribution in [3.8, 4) is 0 Å². The van der Waals surface area contributed by atoms with Crippen LogP contribution >= 0.6 is 24.0 Å². The van der Waals surface area contributed by atoms with Crippen molar-refractivity contribution in [3.63, 3.8) is 0 Å². The molecule has 0 spiro atoms.